The van der Waals surface area contributed by atoms with E-state index in [1.165, 1.54) is 6.92 Å². The topological polar surface area (TPSA) is 100 Å². The molecule has 0 radical (unpaired) electrons. The molecule has 3 aromatic carbocycles. The van der Waals surface area contributed by atoms with E-state index in [0.29, 0.717) is 11.4 Å². The molecule has 0 unspecified atom stereocenters. The summed E-state index contributed by atoms with van der Waals surface area (Å²) in [6.45, 7) is 1.46. The van der Waals surface area contributed by atoms with Crippen LogP contribution in [0.2, 0.25) is 0 Å². The molecule has 152 valence electrons. The third-order valence-electron chi connectivity index (χ3n) is 4.42. The summed E-state index contributed by atoms with van der Waals surface area (Å²) in [7, 11) is -3.33. The number of aromatic nitrogens is 1. The van der Waals surface area contributed by atoms with Gasteiger partial charge in [0.2, 0.25) is 15.9 Å². The van der Waals surface area contributed by atoms with Gasteiger partial charge in [0.05, 0.1) is 23.0 Å². The molecule has 1 heterocycles. The van der Waals surface area contributed by atoms with Gasteiger partial charge < -0.3 is 10.6 Å². The number of hydrogen-bond donors (Lipinski definition) is 3. The van der Waals surface area contributed by atoms with Gasteiger partial charge in [-0.3, -0.25) is 9.52 Å². The van der Waals surface area contributed by atoms with Crippen LogP contribution in [0.5, 0.6) is 0 Å². The van der Waals surface area contributed by atoms with Gasteiger partial charge in [-0.05, 0) is 48.5 Å². The van der Waals surface area contributed by atoms with E-state index >= 15 is 0 Å². The van der Waals surface area contributed by atoms with Gasteiger partial charge in [-0.1, -0.05) is 18.2 Å². The molecule has 0 aliphatic heterocycles. The van der Waals surface area contributed by atoms with Crippen molar-refractivity contribution in [2.24, 2.45) is 0 Å². The number of fused-ring (bicyclic) bond motifs is 2. The van der Waals surface area contributed by atoms with Crippen LogP contribution in [0, 0.1) is 0 Å². The quantitative estimate of drug-likeness (QED) is 0.414. The summed E-state index contributed by atoms with van der Waals surface area (Å²) < 4.78 is 25.2. The summed E-state index contributed by atoms with van der Waals surface area (Å²) in [5.41, 5.74) is 4.27. The molecule has 0 fully saturated rings. The van der Waals surface area contributed by atoms with Crippen LogP contribution in [-0.2, 0) is 14.8 Å². The SMILES string of the molecule is CC(=O)Nc1cc(Nc2ccc(NS(C)(=O)=O)cc2)c2cc3ccccc3nc2c1. The van der Waals surface area contributed by atoms with Crippen molar-refractivity contribution in [1.82, 2.24) is 4.98 Å². The summed E-state index contributed by atoms with van der Waals surface area (Å²) in [5.74, 6) is -0.169. The molecule has 7 nitrogen and oxygen atoms in total. The molecule has 0 atom stereocenters. The number of carbonyl (C=O) groups is 1. The Morgan fingerprint density at radius 2 is 1.57 bits per heavy atom. The van der Waals surface area contributed by atoms with E-state index in [4.69, 9.17) is 4.98 Å². The minimum Gasteiger partial charge on any atom is -0.355 e. The van der Waals surface area contributed by atoms with Crippen LogP contribution in [0.4, 0.5) is 22.7 Å². The van der Waals surface area contributed by atoms with Gasteiger partial charge in [-0.15, -0.1) is 0 Å². The van der Waals surface area contributed by atoms with E-state index < -0.39 is 10.0 Å². The molecule has 0 aliphatic rings. The van der Waals surface area contributed by atoms with Crippen molar-refractivity contribution in [3.8, 4) is 0 Å². The monoisotopic (exact) mass is 420 g/mol. The second-order valence-corrected chi connectivity index (χ2v) is 8.78. The number of hydrogen-bond acceptors (Lipinski definition) is 5. The van der Waals surface area contributed by atoms with Gasteiger partial charge in [0.1, 0.15) is 0 Å². The first-order chi connectivity index (χ1) is 14.3. The highest BCUT2D eigenvalue weighted by Crippen LogP contribution is 2.32. The van der Waals surface area contributed by atoms with Crippen LogP contribution >= 0.6 is 0 Å². The first-order valence-electron chi connectivity index (χ1n) is 9.23. The van der Waals surface area contributed by atoms with E-state index in [0.717, 1.165) is 39.4 Å². The number of sulfonamides is 1. The number of carbonyl (C=O) groups excluding carboxylic acids is 1. The van der Waals surface area contributed by atoms with Crippen LogP contribution < -0.4 is 15.4 Å². The number of benzene rings is 3. The third-order valence-corrected chi connectivity index (χ3v) is 5.03. The minimum absolute atomic E-state index is 0.169. The first-order valence-corrected chi connectivity index (χ1v) is 11.1. The third kappa shape index (κ3) is 4.49. The molecule has 0 bridgehead atoms. The van der Waals surface area contributed by atoms with Gasteiger partial charge in [0.15, 0.2) is 0 Å². The maximum atomic E-state index is 11.6. The largest absolute Gasteiger partial charge is 0.355 e. The number of pyridine rings is 1. The highest BCUT2D eigenvalue weighted by Gasteiger charge is 2.09. The van der Waals surface area contributed by atoms with Crippen molar-refractivity contribution < 1.29 is 13.2 Å². The predicted molar refractivity (Wildman–Crippen MR) is 122 cm³/mol. The molecule has 0 spiro atoms. The zero-order chi connectivity index (χ0) is 21.3. The zero-order valence-corrected chi connectivity index (χ0v) is 17.2. The second kappa shape index (κ2) is 7.64. The molecule has 1 aromatic heterocycles. The molecule has 0 saturated carbocycles. The van der Waals surface area contributed by atoms with Crippen molar-refractivity contribution in [3.05, 3.63) is 66.7 Å². The number of para-hydroxylation sites is 1. The van der Waals surface area contributed by atoms with Crippen LogP contribution in [0.15, 0.2) is 66.7 Å². The first kappa shape index (κ1) is 19.7. The number of amides is 1. The van der Waals surface area contributed by atoms with Crippen LogP contribution in [0.1, 0.15) is 6.92 Å². The Kier molecular flexibility index (Phi) is 5.01. The van der Waals surface area contributed by atoms with Crippen LogP contribution in [0.3, 0.4) is 0 Å². The van der Waals surface area contributed by atoms with Crippen molar-refractivity contribution in [2.75, 3.05) is 21.6 Å². The standard InChI is InChI=1S/C22H20N4O3S/c1-14(27)23-18-12-21(24-16-7-9-17(10-8-16)26-30(2,28)29)19-11-15-5-3-4-6-20(15)25-22(19)13-18/h3-13,24,26H,1-2H3,(H,23,27). The Labute approximate surface area is 174 Å². The molecule has 4 aromatic rings. The van der Waals surface area contributed by atoms with Crippen LogP contribution in [0.25, 0.3) is 21.8 Å². The van der Waals surface area contributed by atoms with Gasteiger partial charge in [0.25, 0.3) is 0 Å². The molecule has 8 heteroatoms. The number of rotatable bonds is 5. The average molecular weight is 420 g/mol. The van der Waals surface area contributed by atoms with Gasteiger partial charge >= 0.3 is 0 Å². The Morgan fingerprint density at radius 1 is 0.867 bits per heavy atom. The highest BCUT2D eigenvalue weighted by atomic mass is 32.2. The van der Waals surface area contributed by atoms with E-state index in [1.807, 2.05) is 36.4 Å². The molecule has 0 saturated heterocycles. The fourth-order valence-electron chi connectivity index (χ4n) is 3.25. The van der Waals surface area contributed by atoms with E-state index in [1.54, 1.807) is 24.3 Å². The lowest BCUT2D eigenvalue weighted by Gasteiger charge is -2.14. The maximum Gasteiger partial charge on any atom is 0.229 e. The van der Waals surface area contributed by atoms with E-state index in [2.05, 4.69) is 21.4 Å². The summed E-state index contributed by atoms with van der Waals surface area (Å²) in [6, 6.07) is 20.5. The summed E-state index contributed by atoms with van der Waals surface area (Å²) in [4.78, 5) is 16.3. The summed E-state index contributed by atoms with van der Waals surface area (Å²) in [5, 5.41) is 8.07. The molecule has 4 rings (SSSR count). The lowest BCUT2D eigenvalue weighted by molar-refractivity contribution is -0.114. The Balaban J connectivity index is 1.77. The molecule has 3 N–H and O–H groups in total. The maximum absolute atomic E-state index is 11.6. The fraction of sp³-hybridized carbons (Fsp3) is 0.0909. The smallest absolute Gasteiger partial charge is 0.229 e. The lowest BCUT2D eigenvalue weighted by atomic mass is 10.1. The number of nitrogens with zero attached hydrogens (tertiary/aromatic N) is 1. The van der Waals surface area contributed by atoms with Gasteiger partial charge in [-0.2, -0.15) is 0 Å². The van der Waals surface area contributed by atoms with Crippen molar-refractivity contribution >= 4 is 60.5 Å². The summed E-state index contributed by atoms with van der Waals surface area (Å²) in [6.07, 6.45) is 1.11. The molecule has 30 heavy (non-hydrogen) atoms. The molecule has 0 aliphatic carbocycles. The van der Waals surface area contributed by atoms with Gasteiger partial charge in [-0.25, -0.2) is 13.4 Å². The molecular weight excluding hydrogens is 400 g/mol. The number of nitrogens with one attached hydrogen (secondary N) is 3. The Morgan fingerprint density at radius 3 is 2.27 bits per heavy atom. The summed E-state index contributed by atoms with van der Waals surface area (Å²) >= 11 is 0. The van der Waals surface area contributed by atoms with Crippen LogP contribution in [-0.4, -0.2) is 25.6 Å². The molecule has 1 amide bonds. The van der Waals surface area contributed by atoms with Crippen molar-refractivity contribution in [3.63, 3.8) is 0 Å². The Bertz CT molecular complexity index is 1370. The Hall–Kier alpha value is -3.65. The molecular formula is C22H20N4O3S. The average Bonchev–Trinajstić information content (AvgIpc) is 2.66. The van der Waals surface area contributed by atoms with Crippen molar-refractivity contribution in [2.45, 2.75) is 6.92 Å². The number of anilines is 4. The minimum atomic E-state index is -3.33. The second-order valence-electron chi connectivity index (χ2n) is 7.03. The highest BCUT2D eigenvalue weighted by molar-refractivity contribution is 7.92. The zero-order valence-electron chi connectivity index (χ0n) is 16.4. The van der Waals surface area contributed by atoms with Crippen molar-refractivity contribution in [1.29, 1.82) is 0 Å². The fourth-order valence-corrected chi connectivity index (χ4v) is 3.81. The van der Waals surface area contributed by atoms with E-state index in [-0.39, 0.29) is 5.91 Å². The normalized spacial score (nSPS) is 11.4. The predicted octanol–water partition coefficient (Wildman–Crippen LogP) is 4.46. The lowest BCUT2D eigenvalue weighted by Crippen LogP contribution is -2.09. The van der Waals surface area contributed by atoms with E-state index in [9.17, 15) is 13.2 Å². The van der Waals surface area contributed by atoms with Gasteiger partial charge in [0, 0.05) is 34.8 Å².